The van der Waals surface area contributed by atoms with Crippen LogP contribution in [0, 0.1) is 11.3 Å². The number of ether oxygens (including phenoxy) is 3. The first-order chi connectivity index (χ1) is 11.3. The van der Waals surface area contributed by atoms with Gasteiger partial charge in [0, 0.05) is 0 Å². The molecule has 0 aliphatic carbocycles. The monoisotopic (exact) mass is 307 g/mol. The first-order valence-electron chi connectivity index (χ1n) is 6.97. The number of hydrogen-bond donors (Lipinski definition) is 0. The van der Waals surface area contributed by atoms with Crippen LogP contribution in [0.15, 0.2) is 48.0 Å². The molecule has 5 heteroatoms. The van der Waals surface area contributed by atoms with Gasteiger partial charge >= 0.3 is 0 Å². The number of aldehydes is 1. The van der Waals surface area contributed by atoms with Gasteiger partial charge in [0.25, 0.3) is 0 Å². The molecule has 1 aliphatic heterocycles. The third-order valence-corrected chi connectivity index (χ3v) is 3.31. The fourth-order valence-electron chi connectivity index (χ4n) is 2.18. The number of para-hydroxylation sites is 1. The van der Waals surface area contributed by atoms with Crippen molar-refractivity contribution in [3.05, 3.63) is 59.2 Å². The molecule has 0 bridgehead atoms. The standard InChI is InChI=1S/C18H13NO4/c19-9-14(11-21-16-4-2-1-3-15(16)10-20)7-13-5-6-17-18(8-13)23-12-22-17/h1-8,10H,11-12H2/b14-7+. The molecular weight excluding hydrogens is 294 g/mol. The number of carbonyl (C=O) groups is 1. The largest absolute Gasteiger partial charge is 0.487 e. The van der Waals surface area contributed by atoms with E-state index in [4.69, 9.17) is 14.2 Å². The van der Waals surface area contributed by atoms with Gasteiger partial charge in [0.1, 0.15) is 12.4 Å². The Morgan fingerprint density at radius 1 is 1.22 bits per heavy atom. The highest BCUT2D eigenvalue weighted by molar-refractivity contribution is 5.79. The predicted molar refractivity (Wildman–Crippen MR) is 83.5 cm³/mol. The zero-order valence-corrected chi connectivity index (χ0v) is 12.2. The number of nitrogens with zero attached hydrogens (tertiary/aromatic N) is 1. The number of fused-ring (bicyclic) bond motifs is 1. The van der Waals surface area contributed by atoms with Crippen LogP contribution in [0.1, 0.15) is 15.9 Å². The molecule has 0 fully saturated rings. The summed E-state index contributed by atoms with van der Waals surface area (Å²) in [6, 6.07) is 14.4. The van der Waals surface area contributed by atoms with E-state index in [1.54, 1.807) is 42.5 Å². The van der Waals surface area contributed by atoms with E-state index in [0.29, 0.717) is 28.4 Å². The van der Waals surface area contributed by atoms with E-state index < -0.39 is 0 Å². The molecule has 3 rings (SSSR count). The third kappa shape index (κ3) is 3.33. The Hall–Kier alpha value is -3.26. The summed E-state index contributed by atoms with van der Waals surface area (Å²) in [6.45, 7) is 0.287. The van der Waals surface area contributed by atoms with Gasteiger partial charge in [0.05, 0.1) is 17.2 Å². The van der Waals surface area contributed by atoms with Crippen LogP contribution in [0.3, 0.4) is 0 Å². The lowest BCUT2D eigenvalue weighted by Gasteiger charge is -2.07. The van der Waals surface area contributed by atoms with Gasteiger partial charge in [-0.05, 0) is 35.9 Å². The predicted octanol–water partition coefficient (Wildman–Crippen LogP) is 3.21. The molecule has 114 valence electrons. The van der Waals surface area contributed by atoms with E-state index in [1.165, 1.54) is 0 Å². The average Bonchev–Trinajstić information content (AvgIpc) is 3.06. The van der Waals surface area contributed by atoms with Crippen molar-refractivity contribution < 1.29 is 19.0 Å². The summed E-state index contributed by atoms with van der Waals surface area (Å²) in [5.74, 6) is 1.80. The van der Waals surface area contributed by atoms with Crippen molar-refractivity contribution in [1.82, 2.24) is 0 Å². The lowest BCUT2D eigenvalue weighted by Crippen LogP contribution is -2.02. The minimum Gasteiger partial charge on any atom is -0.487 e. The molecule has 5 nitrogen and oxygen atoms in total. The van der Waals surface area contributed by atoms with Crippen LogP contribution in [0.25, 0.3) is 6.08 Å². The summed E-state index contributed by atoms with van der Waals surface area (Å²) in [5.41, 5.74) is 1.70. The van der Waals surface area contributed by atoms with Gasteiger partial charge in [-0.25, -0.2) is 0 Å². The normalized spacial score (nSPS) is 12.6. The summed E-state index contributed by atoms with van der Waals surface area (Å²) in [6.07, 6.45) is 2.44. The van der Waals surface area contributed by atoms with Gasteiger partial charge in [-0.3, -0.25) is 4.79 Å². The van der Waals surface area contributed by atoms with Crippen LogP contribution in [0.5, 0.6) is 17.2 Å². The minimum atomic E-state index is 0.0792. The molecule has 0 N–H and O–H groups in total. The number of carbonyl (C=O) groups excluding carboxylic acids is 1. The molecule has 0 atom stereocenters. The van der Waals surface area contributed by atoms with Crippen LogP contribution in [0.2, 0.25) is 0 Å². The number of rotatable bonds is 5. The van der Waals surface area contributed by atoms with E-state index >= 15 is 0 Å². The highest BCUT2D eigenvalue weighted by Gasteiger charge is 2.13. The Morgan fingerprint density at radius 3 is 2.87 bits per heavy atom. The smallest absolute Gasteiger partial charge is 0.231 e. The third-order valence-electron chi connectivity index (χ3n) is 3.31. The summed E-state index contributed by atoms with van der Waals surface area (Å²) in [5, 5.41) is 9.26. The molecule has 2 aromatic rings. The zero-order valence-electron chi connectivity index (χ0n) is 12.2. The number of nitriles is 1. The number of hydrogen-bond acceptors (Lipinski definition) is 5. The molecule has 0 spiro atoms. The summed E-state index contributed by atoms with van der Waals surface area (Å²) < 4.78 is 16.1. The molecular formula is C18H13NO4. The lowest BCUT2D eigenvalue weighted by molar-refractivity contribution is 0.112. The Kier molecular flexibility index (Phi) is 4.25. The van der Waals surface area contributed by atoms with Gasteiger partial charge < -0.3 is 14.2 Å². The van der Waals surface area contributed by atoms with E-state index in [9.17, 15) is 10.1 Å². The average molecular weight is 307 g/mol. The summed E-state index contributed by atoms with van der Waals surface area (Å²) in [4.78, 5) is 11.0. The van der Waals surface area contributed by atoms with E-state index in [2.05, 4.69) is 6.07 Å². The van der Waals surface area contributed by atoms with Crippen LogP contribution in [-0.4, -0.2) is 19.7 Å². The molecule has 0 saturated heterocycles. The van der Waals surface area contributed by atoms with Crippen molar-refractivity contribution >= 4 is 12.4 Å². The maximum absolute atomic E-state index is 11.0. The van der Waals surface area contributed by atoms with Crippen LogP contribution in [0.4, 0.5) is 0 Å². The molecule has 0 saturated carbocycles. The first-order valence-corrected chi connectivity index (χ1v) is 6.97. The van der Waals surface area contributed by atoms with Crippen molar-refractivity contribution in [2.24, 2.45) is 0 Å². The second-order valence-electron chi connectivity index (χ2n) is 4.84. The summed E-state index contributed by atoms with van der Waals surface area (Å²) in [7, 11) is 0. The molecule has 0 aromatic heterocycles. The maximum atomic E-state index is 11.0. The Labute approximate surface area is 133 Å². The van der Waals surface area contributed by atoms with Crippen molar-refractivity contribution in [2.45, 2.75) is 0 Å². The van der Waals surface area contributed by atoms with Crippen molar-refractivity contribution in [2.75, 3.05) is 13.4 Å². The minimum absolute atomic E-state index is 0.0792. The quantitative estimate of drug-likeness (QED) is 0.626. The molecule has 2 aromatic carbocycles. The van der Waals surface area contributed by atoms with Gasteiger partial charge in [0.2, 0.25) is 6.79 Å². The van der Waals surface area contributed by atoms with Gasteiger partial charge in [-0.15, -0.1) is 0 Å². The maximum Gasteiger partial charge on any atom is 0.231 e. The highest BCUT2D eigenvalue weighted by Crippen LogP contribution is 2.33. The SMILES string of the molecule is N#C/C(=C\c1ccc2c(c1)OCO2)COc1ccccc1C=O. The number of benzene rings is 2. The topological polar surface area (TPSA) is 68.6 Å². The molecule has 0 unspecified atom stereocenters. The summed E-state index contributed by atoms with van der Waals surface area (Å²) >= 11 is 0. The van der Waals surface area contributed by atoms with Crippen LogP contribution < -0.4 is 14.2 Å². The van der Waals surface area contributed by atoms with Crippen LogP contribution in [-0.2, 0) is 0 Å². The first kappa shape index (κ1) is 14.7. The van der Waals surface area contributed by atoms with Gasteiger partial charge in [0.15, 0.2) is 17.8 Å². The Bertz CT molecular complexity index is 805. The van der Waals surface area contributed by atoms with Crippen molar-refractivity contribution in [1.29, 1.82) is 5.26 Å². The van der Waals surface area contributed by atoms with E-state index in [-0.39, 0.29) is 13.4 Å². The van der Waals surface area contributed by atoms with Crippen LogP contribution >= 0.6 is 0 Å². The zero-order chi connectivity index (χ0) is 16.1. The highest BCUT2D eigenvalue weighted by atomic mass is 16.7. The molecule has 0 amide bonds. The molecule has 0 radical (unpaired) electrons. The van der Waals surface area contributed by atoms with E-state index in [1.807, 2.05) is 6.07 Å². The van der Waals surface area contributed by atoms with Gasteiger partial charge in [-0.1, -0.05) is 18.2 Å². The second-order valence-corrected chi connectivity index (χ2v) is 4.84. The van der Waals surface area contributed by atoms with E-state index in [0.717, 1.165) is 11.8 Å². The Morgan fingerprint density at radius 2 is 2.04 bits per heavy atom. The lowest BCUT2D eigenvalue weighted by atomic mass is 10.1. The Balaban J connectivity index is 1.75. The molecule has 23 heavy (non-hydrogen) atoms. The fraction of sp³-hybridized carbons (Fsp3) is 0.111. The van der Waals surface area contributed by atoms with Crippen molar-refractivity contribution in [3.8, 4) is 23.3 Å². The fourth-order valence-corrected chi connectivity index (χ4v) is 2.18. The van der Waals surface area contributed by atoms with Gasteiger partial charge in [-0.2, -0.15) is 5.26 Å². The second kappa shape index (κ2) is 6.67. The molecule has 1 heterocycles. The molecule has 1 aliphatic rings. The van der Waals surface area contributed by atoms with Crippen molar-refractivity contribution in [3.63, 3.8) is 0 Å².